The maximum atomic E-state index is 12.7. The predicted octanol–water partition coefficient (Wildman–Crippen LogP) is 3.54. The molecule has 2 nitrogen and oxygen atoms in total. The number of aliphatic hydroxyl groups is 1. The van der Waals surface area contributed by atoms with Crippen molar-refractivity contribution < 1.29 is 31.4 Å². The molecule has 120 valence electrons. The zero-order valence-electron chi connectivity index (χ0n) is 11.1. The Morgan fingerprint density at radius 3 is 1.71 bits per heavy atom. The molecule has 0 saturated heterocycles. The van der Waals surface area contributed by atoms with Gasteiger partial charge in [-0.25, -0.2) is 0 Å². The van der Waals surface area contributed by atoms with Gasteiger partial charge in [0, 0.05) is 18.6 Å². The van der Waals surface area contributed by atoms with Crippen LogP contribution in [0.15, 0.2) is 18.2 Å². The zero-order valence-corrected chi connectivity index (χ0v) is 11.1. The minimum absolute atomic E-state index is 0.0176. The minimum Gasteiger partial charge on any atom is -0.396 e. The van der Waals surface area contributed by atoms with Gasteiger partial charge in [-0.1, -0.05) is 0 Å². The van der Waals surface area contributed by atoms with Gasteiger partial charge in [-0.15, -0.1) is 0 Å². The lowest BCUT2D eigenvalue weighted by molar-refractivity contribution is -0.143. The van der Waals surface area contributed by atoms with Gasteiger partial charge in [0.1, 0.15) is 0 Å². The molecule has 0 aliphatic carbocycles. The third kappa shape index (κ3) is 4.60. The molecule has 2 atom stereocenters. The van der Waals surface area contributed by atoms with Crippen LogP contribution in [0.3, 0.4) is 0 Å². The van der Waals surface area contributed by atoms with E-state index in [1.54, 1.807) is 0 Å². The van der Waals surface area contributed by atoms with Gasteiger partial charge in [0.25, 0.3) is 0 Å². The number of halogens is 6. The average molecular weight is 315 g/mol. The van der Waals surface area contributed by atoms with Gasteiger partial charge in [-0.3, -0.25) is 0 Å². The summed E-state index contributed by atoms with van der Waals surface area (Å²) in [6.07, 6.45) is -9.80. The number of rotatable bonds is 4. The summed E-state index contributed by atoms with van der Waals surface area (Å²) in [6.45, 7) is 1.08. The van der Waals surface area contributed by atoms with Crippen molar-refractivity contribution in [3.8, 4) is 0 Å². The second-order valence-electron chi connectivity index (χ2n) is 4.82. The fourth-order valence-electron chi connectivity index (χ4n) is 2.07. The lowest BCUT2D eigenvalue weighted by Gasteiger charge is -2.23. The Labute approximate surface area is 117 Å². The van der Waals surface area contributed by atoms with Gasteiger partial charge in [0.15, 0.2) is 0 Å². The van der Waals surface area contributed by atoms with Crippen LogP contribution in [0.5, 0.6) is 0 Å². The molecule has 0 saturated carbocycles. The molecular formula is C13H15F6NO. The highest BCUT2D eigenvalue weighted by molar-refractivity contribution is 5.36. The van der Waals surface area contributed by atoms with E-state index < -0.39 is 35.4 Å². The first-order chi connectivity index (χ1) is 9.46. The first-order valence-electron chi connectivity index (χ1n) is 6.12. The Morgan fingerprint density at radius 1 is 1.00 bits per heavy atom. The monoisotopic (exact) mass is 315 g/mol. The Balaban J connectivity index is 3.43. The first kappa shape index (κ1) is 17.8. The van der Waals surface area contributed by atoms with Crippen LogP contribution < -0.4 is 5.73 Å². The largest absolute Gasteiger partial charge is 0.416 e. The van der Waals surface area contributed by atoms with E-state index in [9.17, 15) is 26.3 Å². The van der Waals surface area contributed by atoms with Crippen LogP contribution in [0, 0.1) is 0 Å². The second-order valence-corrected chi connectivity index (χ2v) is 4.82. The third-order valence-electron chi connectivity index (χ3n) is 3.11. The fraction of sp³-hybridized carbons (Fsp3) is 0.538. The summed E-state index contributed by atoms with van der Waals surface area (Å²) in [5.74, 6) is -0.793. The van der Waals surface area contributed by atoms with Crippen molar-refractivity contribution in [3.63, 3.8) is 0 Å². The first-order valence-corrected chi connectivity index (χ1v) is 6.12. The van der Waals surface area contributed by atoms with Crippen molar-refractivity contribution in [2.75, 3.05) is 6.61 Å². The maximum Gasteiger partial charge on any atom is 0.416 e. The van der Waals surface area contributed by atoms with Gasteiger partial charge >= 0.3 is 12.4 Å². The van der Waals surface area contributed by atoms with Crippen molar-refractivity contribution >= 4 is 0 Å². The smallest absolute Gasteiger partial charge is 0.396 e. The van der Waals surface area contributed by atoms with E-state index in [-0.39, 0.29) is 24.7 Å². The van der Waals surface area contributed by atoms with Crippen LogP contribution >= 0.6 is 0 Å². The van der Waals surface area contributed by atoms with Crippen molar-refractivity contribution in [1.82, 2.24) is 0 Å². The standard InChI is InChI=1S/C13H15F6NO/c1-7(20)11(2-3-21)8-4-9(12(14,15)16)6-10(5-8)13(17,18)19/h4-7,11,21H,2-3,20H2,1H3. The lowest BCUT2D eigenvalue weighted by Crippen LogP contribution is -2.26. The maximum absolute atomic E-state index is 12.7. The molecule has 0 bridgehead atoms. The number of hydrogen-bond acceptors (Lipinski definition) is 2. The van der Waals surface area contributed by atoms with Crippen LogP contribution in [0.25, 0.3) is 0 Å². The Morgan fingerprint density at radius 2 is 1.43 bits per heavy atom. The normalized spacial score (nSPS) is 15.9. The van der Waals surface area contributed by atoms with Crippen molar-refractivity contribution in [2.24, 2.45) is 5.73 Å². The molecule has 0 aliphatic heterocycles. The quantitative estimate of drug-likeness (QED) is 0.835. The van der Waals surface area contributed by atoms with Crippen LogP contribution in [0.1, 0.15) is 36.0 Å². The van der Waals surface area contributed by atoms with Crippen molar-refractivity contribution in [2.45, 2.75) is 37.7 Å². The predicted molar refractivity (Wildman–Crippen MR) is 64.5 cm³/mol. The molecule has 1 aromatic rings. The molecule has 0 spiro atoms. The Hall–Kier alpha value is -1.28. The molecule has 1 aromatic carbocycles. The number of hydrogen-bond donors (Lipinski definition) is 2. The second kappa shape index (κ2) is 6.23. The molecule has 2 unspecified atom stereocenters. The fourth-order valence-corrected chi connectivity index (χ4v) is 2.07. The van der Waals surface area contributed by atoms with Gasteiger partial charge in [0.05, 0.1) is 11.1 Å². The molecule has 8 heteroatoms. The van der Waals surface area contributed by atoms with E-state index in [0.717, 1.165) is 0 Å². The Bertz CT molecular complexity index is 448. The number of benzene rings is 1. The molecule has 21 heavy (non-hydrogen) atoms. The van der Waals surface area contributed by atoms with E-state index >= 15 is 0 Å². The molecule has 1 rings (SSSR count). The highest BCUT2D eigenvalue weighted by atomic mass is 19.4. The highest BCUT2D eigenvalue weighted by Crippen LogP contribution is 2.38. The number of aliphatic hydroxyl groups excluding tert-OH is 1. The summed E-state index contributed by atoms with van der Waals surface area (Å²) in [5, 5.41) is 8.91. The molecule has 0 amide bonds. The van der Waals surface area contributed by atoms with Gasteiger partial charge in [0.2, 0.25) is 0 Å². The van der Waals surface area contributed by atoms with Crippen LogP contribution in [0.4, 0.5) is 26.3 Å². The van der Waals surface area contributed by atoms with E-state index in [1.807, 2.05) is 0 Å². The van der Waals surface area contributed by atoms with Gasteiger partial charge < -0.3 is 10.8 Å². The van der Waals surface area contributed by atoms with Gasteiger partial charge in [-0.2, -0.15) is 26.3 Å². The molecular weight excluding hydrogens is 300 g/mol. The minimum atomic E-state index is -4.89. The van der Waals surface area contributed by atoms with Crippen LogP contribution in [-0.4, -0.2) is 17.8 Å². The molecule has 0 aromatic heterocycles. The topological polar surface area (TPSA) is 46.2 Å². The molecule has 0 aliphatic rings. The van der Waals surface area contributed by atoms with E-state index in [1.165, 1.54) is 6.92 Å². The van der Waals surface area contributed by atoms with E-state index in [2.05, 4.69) is 0 Å². The zero-order chi connectivity index (χ0) is 16.4. The summed E-state index contributed by atoms with van der Waals surface area (Å²) in [7, 11) is 0. The summed E-state index contributed by atoms with van der Waals surface area (Å²) in [5.41, 5.74) is 2.66. The average Bonchev–Trinajstić information content (AvgIpc) is 2.32. The van der Waals surface area contributed by atoms with E-state index in [4.69, 9.17) is 10.8 Å². The third-order valence-corrected chi connectivity index (χ3v) is 3.11. The van der Waals surface area contributed by atoms with Crippen LogP contribution in [0.2, 0.25) is 0 Å². The van der Waals surface area contributed by atoms with Gasteiger partial charge in [-0.05, 0) is 37.1 Å². The van der Waals surface area contributed by atoms with Crippen molar-refractivity contribution in [1.29, 1.82) is 0 Å². The summed E-state index contributed by atoms with van der Waals surface area (Å²) in [6, 6.07) is 0.681. The number of alkyl halides is 6. The molecule has 0 radical (unpaired) electrons. The van der Waals surface area contributed by atoms with E-state index in [0.29, 0.717) is 12.1 Å². The van der Waals surface area contributed by atoms with Crippen molar-refractivity contribution in [3.05, 3.63) is 34.9 Å². The molecule has 0 heterocycles. The SMILES string of the molecule is CC(N)C(CCO)c1cc(C(F)(F)F)cc(C(F)(F)F)c1. The highest BCUT2D eigenvalue weighted by Gasteiger charge is 2.37. The molecule has 0 fully saturated rings. The summed E-state index contributed by atoms with van der Waals surface area (Å²) in [4.78, 5) is 0. The molecule has 3 N–H and O–H groups in total. The van der Waals surface area contributed by atoms with Crippen LogP contribution in [-0.2, 0) is 12.4 Å². The summed E-state index contributed by atoms with van der Waals surface area (Å²) < 4.78 is 76.4. The number of nitrogens with two attached hydrogens (primary N) is 1. The Kier molecular flexibility index (Phi) is 5.27. The summed E-state index contributed by atoms with van der Waals surface area (Å²) >= 11 is 0. The lowest BCUT2D eigenvalue weighted by atomic mass is 9.87.